The third kappa shape index (κ3) is 5.01. The fraction of sp³-hybridized carbons (Fsp3) is 0.611. The normalized spacial score (nSPS) is 18.7. The molecule has 0 bridgehead atoms. The van der Waals surface area contributed by atoms with Crippen LogP contribution in [0.25, 0.3) is 0 Å². The van der Waals surface area contributed by atoms with E-state index in [1.165, 1.54) is 12.1 Å². The van der Waals surface area contributed by atoms with Crippen molar-refractivity contribution in [1.29, 1.82) is 0 Å². The van der Waals surface area contributed by atoms with Crippen LogP contribution in [-0.4, -0.2) is 36.0 Å². The van der Waals surface area contributed by atoms with Crippen molar-refractivity contribution < 1.29 is 13.9 Å². The minimum absolute atomic E-state index is 0.0522. The first kappa shape index (κ1) is 17.9. The molecular weight excluding hydrogens is 295 g/mol. The second kappa shape index (κ2) is 8.41. The minimum Gasteiger partial charge on any atom is -0.373 e. The number of halogens is 1. The number of hydrogen-bond donors (Lipinski definition) is 1. The Labute approximate surface area is 137 Å². The Balaban J connectivity index is 1.75. The van der Waals surface area contributed by atoms with Gasteiger partial charge in [-0.1, -0.05) is 32.4 Å². The summed E-state index contributed by atoms with van der Waals surface area (Å²) in [6.45, 7) is 5.92. The zero-order valence-corrected chi connectivity index (χ0v) is 14.0. The summed E-state index contributed by atoms with van der Waals surface area (Å²) in [5.41, 5.74) is 6.99. The van der Waals surface area contributed by atoms with Crippen LogP contribution in [0.1, 0.15) is 38.7 Å². The van der Waals surface area contributed by atoms with Gasteiger partial charge >= 0.3 is 0 Å². The number of rotatable bonds is 6. The number of nitrogens with two attached hydrogens (primary N) is 1. The van der Waals surface area contributed by atoms with E-state index in [2.05, 4.69) is 0 Å². The average Bonchev–Trinajstić information content (AvgIpc) is 2.59. The Morgan fingerprint density at radius 2 is 1.96 bits per heavy atom. The first-order valence-electron chi connectivity index (χ1n) is 8.41. The topological polar surface area (TPSA) is 55.6 Å². The number of amides is 1. The fourth-order valence-electron chi connectivity index (χ4n) is 2.75. The molecule has 23 heavy (non-hydrogen) atoms. The van der Waals surface area contributed by atoms with E-state index in [1.54, 1.807) is 12.1 Å². The maximum atomic E-state index is 12.9. The maximum Gasteiger partial charge on any atom is 0.239 e. The molecule has 5 heteroatoms. The Morgan fingerprint density at radius 3 is 2.52 bits per heavy atom. The molecule has 2 rings (SSSR count). The van der Waals surface area contributed by atoms with Crippen molar-refractivity contribution >= 4 is 5.91 Å². The molecule has 0 radical (unpaired) electrons. The van der Waals surface area contributed by atoms with Gasteiger partial charge in [0.05, 0.1) is 18.8 Å². The SMILES string of the molecule is CC[C@H](C)[C@H](N)C(=O)N1CCC(OCc2ccc(F)cc2)CC1. The lowest BCUT2D eigenvalue weighted by molar-refractivity contribution is -0.136. The third-order valence-corrected chi connectivity index (χ3v) is 4.69. The Hall–Kier alpha value is -1.46. The van der Waals surface area contributed by atoms with Crippen LogP contribution in [0.3, 0.4) is 0 Å². The van der Waals surface area contributed by atoms with Crippen molar-refractivity contribution in [3.05, 3.63) is 35.6 Å². The van der Waals surface area contributed by atoms with Gasteiger partial charge in [-0.25, -0.2) is 4.39 Å². The smallest absolute Gasteiger partial charge is 0.239 e. The molecule has 1 amide bonds. The lowest BCUT2D eigenvalue weighted by Gasteiger charge is -2.34. The van der Waals surface area contributed by atoms with Crippen LogP contribution < -0.4 is 5.73 Å². The van der Waals surface area contributed by atoms with Gasteiger partial charge in [-0.15, -0.1) is 0 Å². The van der Waals surface area contributed by atoms with Crippen molar-refractivity contribution in [3.8, 4) is 0 Å². The number of likely N-dealkylation sites (tertiary alicyclic amines) is 1. The molecule has 1 fully saturated rings. The van der Waals surface area contributed by atoms with Crippen LogP contribution in [0.2, 0.25) is 0 Å². The van der Waals surface area contributed by atoms with Gasteiger partial charge in [-0.3, -0.25) is 4.79 Å². The number of carbonyl (C=O) groups excluding carboxylic acids is 1. The number of piperidine rings is 1. The van der Waals surface area contributed by atoms with Crippen LogP contribution >= 0.6 is 0 Å². The molecular formula is C18H27FN2O2. The molecule has 1 heterocycles. The monoisotopic (exact) mass is 322 g/mol. The van der Waals surface area contributed by atoms with Crippen molar-refractivity contribution in [2.75, 3.05) is 13.1 Å². The van der Waals surface area contributed by atoms with Crippen molar-refractivity contribution in [2.24, 2.45) is 11.7 Å². The summed E-state index contributed by atoms with van der Waals surface area (Å²) in [5, 5.41) is 0. The predicted molar refractivity (Wildman–Crippen MR) is 88.2 cm³/mol. The second-order valence-electron chi connectivity index (χ2n) is 6.37. The second-order valence-corrected chi connectivity index (χ2v) is 6.37. The average molecular weight is 322 g/mol. The lowest BCUT2D eigenvalue weighted by atomic mass is 9.97. The minimum atomic E-state index is -0.406. The van der Waals surface area contributed by atoms with Gasteiger partial charge in [0, 0.05) is 13.1 Å². The predicted octanol–water partition coefficient (Wildman–Crippen LogP) is 2.71. The highest BCUT2D eigenvalue weighted by atomic mass is 19.1. The zero-order valence-electron chi connectivity index (χ0n) is 14.0. The quantitative estimate of drug-likeness (QED) is 0.876. The van der Waals surface area contributed by atoms with Crippen LogP contribution in [0.4, 0.5) is 4.39 Å². The van der Waals surface area contributed by atoms with Gasteiger partial charge in [-0.2, -0.15) is 0 Å². The molecule has 4 nitrogen and oxygen atoms in total. The Bertz CT molecular complexity index is 498. The van der Waals surface area contributed by atoms with Crippen molar-refractivity contribution in [2.45, 2.75) is 51.9 Å². The molecule has 1 aromatic rings. The molecule has 0 aliphatic carbocycles. The van der Waals surface area contributed by atoms with Crippen LogP contribution in [0, 0.1) is 11.7 Å². The number of ether oxygens (including phenoxy) is 1. The fourth-order valence-corrected chi connectivity index (χ4v) is 2.75. The molecule has 0 saturated carbocycles. The summed E-state index contributed by atoms with van der Waals surface area (Å²) in [6, 6.07) is 5.95. The summed E-state index contributed by atoms with van der Waals surface area (Å²) in [5.74, 6) is 0.0181. The number of nitrogens with zero attached hydrogens (tertiary/aromatic N) is 1. The molecule has 0 spiro atoms. The molecule has 0 unspecified atom stereocenters. The molecule has 1 saturated heterocycles. The van der Waals surface area contributed by atoms with Crippen molar-refractivity contribution in [1.82, 2.24) is 4.90 Å². The summed E-state index contributed by atoms with van der Waals surface area (Å²) in [6.07, 6.45) is 2.69. The van der Waals surface area contributed by atoms with Gasteiger partial charge in [-0.05, 0) is 36.5 Å². The summed E-state index contributed by atoms with van der Waals surface area (Å²) >= 11 is 0. The van der Waals surface area contributed by atoms with Crippen molar-refractivity contribution in [3.63, 3.8) is 0 Å². The van der Waals surface area contributed by atoms with E-state index in [4.69, 9.17) is 10.5 Å². The Kier molecular flexibility index (Phi) is 6.54. The first-order valence-corrected chi connectivity index (χ1v) is 8.41. The summed E-state index contributed by atoms with van der Waals surface area (Å²) in [4.78, 5) is 14.2. The van der Waals surface area contributed by atoms with Crippen LogP contribution in [0.15, 0.2) is 24.3 Å². The molecule has 1 aromatic carbocycles. The highest BCUT2D eigenvalue weighted by molar-refractivity contribution is 5.82. The van der Waals surface area contributed by atoms with Crippen LogP contribution in [0.5, 0.6) is 0 Å². The van der Waals surface area contributed by atoms with E-state index in [1.807, 2.05) is 18.7 Å². The number of carbonyl (C=O) groups is 1. The van der Waals surface area contributed by atoms with Gasteiger partial charge in [0.2, 0.25) is 5.91 Å². The standard InChI is InChI=1S/C18H27FN2O2/c1-3-13(2)17(20)18(22)21-10-8-16(9-11-21)23-12-14-4-6-15(19)7-5-14/h4-7,13,16-17H,3,8-12,20H2,1-2H3/t13-,17-/m0/s1. The van der Waals surface area contributed by atoms with E-state index in [-0.39, 0.29) is 23.7 Å². The van der Waals surface area contributed by atoms with Gasteiger partial charge in [0.15, 0.2) is 0 Å². The zero-order chi connectivity index (χ0) is 16.8. The maximum absolute atomic E-state index is 12.9. The highest BCUT2D eigenvalue weighted by Gasteiger charge is 2.28. The van der Waals surface area contributed by atoms with E-state index in [0.29, 0.717) is 19.7 Å². The number of hydrogen-bond acceptors (Lipinski definition) is 3. The molecule has 0 aromatic heterocycles. The van der Waals surface area contributed by atoms with E-state index < -0.39 is 6.04 Å². The van der Waals surface area contributed by atoms with E-state index >= 15 is 0 Å². The van der Waals surface area contributed by atoms with Gasteiger partial charge in [0.1, 0.15) is 5.82 Å². The molecule has 2 N–H and O–H groups in total. The molecule has 128 valence electrons. The molecule has 1 aliphatic heterocycles. The summed E-state index contributed by atoms with van der Waals surface area (Å²) < 4.78 is 18.7. The van der Waals surface area contributed by atoms with Crippen LogP contribution in [-0.2, 0) is 16.1 Å². The van der Waals surface area contributed by atoms with Gasteiger partial charge < -0.3 is 15.4 Å². The van der Waals surface area contributed by atoms with Gasteiger partial charge in [0.25, 0.3) is 0 Å². The van der Waals surface area contributed by atoms with E-state index in [0.717, 1.165) is 24.8 Å². The third-order valence-electron chi connectivity index (χ3n) is 4.69. The molecule has 2 atom stereocenters. The molecule has 1 aliphatic rings. The Morgan fingerprint density at radius 1 is 1.35 bits per heavy atom. The largest absolute Gasteiger partial charge is 0.373 e. The number of benzene rings is 1. The summed E-state index contributed by atoms with van der Waals surface area (Å²) in [7, 11) is 0. The highest BCUT2D eigenvalue weighted by Crippen LogP contribution is 2.18. The van der Waals surface area contributed by atoms with E-state index in [9.17, 15) is 9.18 Å². The lowest BCUT2D eigenvalue weighted by Crippen LogP contribution is -2.50. The first-order chi connectivity index (χ1) is 11.0.